The molecular weight excluding hydrogens is 280 g/mol. The highest BCUT2D eigenvalue weighted by atomic mass is 16.1. The number of allylic oxidation sites excluding steroid dienone is 4. The second-order valence-electron chi connectivity index (χ2n) is 6.72. The zero-order valence-electron chi connectivity index (χ0n) is 15.3. The number of benzene rings is 1. The van der Waals surface area contributed by atoms with Crippen molar-refractivity contribution < 1.29 is 4.79 Å². The molecule has 0 spiro atoms. The van der Waals surface area contributed by atoms with Crippen molar-refractivity contribution in [2.75, 3.05) is 0 Å². The minimum absolute atomic E-state index is 0.296. The lowest BCUT2D eigenvalue weighted by Crippen LogP contribution is -1.89. The molecule has 0 aliphatic rings. The van der Waals surface area contributed by atoms with Crippen LogP contribution in [0, 0.1) is 6.92 Å². The third-order valence-electron chi connectivity index (χ3n) is 4.14. The predicted molar refractivity (Wildman–Crippen MR) is 101 cm³/mol. The number of aryl methyl sites for hydroxylation is 2. The molecule has 0 aliphatic heterocycles. The summed E-state index contributed by atoms with van der Waals surface area (Å²) in [5, 5.41) is 0. The molecule has 1 nitrogen and oxygen atoms in total. The zero-order valence-corrected chi connectivity index (χ0v) is 15.3. The first-order chi connectivity index (χ1) is 11.0. The average Bonchev–Trinajstić information content (AvgIpc) is 2.47. The Morgan fingerprint density at radius 3 is 2.35 bits per heavy atom. The summed E-state index contributed by atoms with van der Waals surface area (Å²) in [6.45, 7) is 8.23. The molecule has 0 unspecified atom stereocenters. The van der Waals surface area contributed by atoms with Crippen LogP contribution in [0.25, 0.3) is 0 Å². The van der Waals surface area contributed by atoms with Gasteiger partial charge in [-0.05, 0) is 71.8 Å². The fourth-order valence-corrected chi connectivity index (χ4v) is 2.72. The highest BCUT2D eigenvalue weighted by molar-refractivity contribution is 5.75. The van der Waals surface area contributed by atoms with E-state index in [2.05, 4.69) is 57.2 Å². The van der Waals surface area contributed by atoms with Crippen LogP contribution in [0.3, 0.4) is 0 Å². The lowest BCUT2D eigenvalue weighted by molar-refractivity contribution is -0.117. The predicted octanol–water partition coefficient (Wildman–Crippen LogP) is 6.36. The van der Waals surface area contributed by atoms with Gasteiger partial charge < -0.3 is 4.79 Å². The van der Waals surface area contributed by atoms with Gasteiger partial charge in [-0.1, -0.05) is 53.1 Å². The molecule has 1 rings (SSSR count). The van der Waals surface area contributed by atoms with E-state index in [0.29, 0.717) is 12.2 Å². The van der Waals surface area contributed by atoms with Crippen LogP contribution in [0.1, 0.15) is 70.4 Å². The Balaban J connectivity index is 2.24. The molecule has 0 saturated carbocycles. The molecule has 1 aromatic carbocycles. The van der Waals surface area contributed by atoms with Gasteiger partial charge in [0, 0.05) is 6.42 Å². The molecule has 0 radical (unpaired) electrons. The van der Waals surface area contributed by atoms with E-state index in [4.69, 9.17) is 0 Å². The fraction of sp³-hybridized carbons (Fsp3) is 0.500. The van der Waals surface area contributed by atoms with Gasteiger partial charge in [-0.25, -0.2) is 0 Å². The summed E-state index contributed by atoms with van der Waals surface area (Å²) in [7, 11) is 0. The Morgan fingerprint density at radius 2 is 1.65 bits per heavy atom. The Hall–Kier alpha value is -1.63. The van der Waals surface area contributed by atoms with E-state index in [1.54, 1.807) is 6.92 Å². The van der Waals surface area contributed by atoms with Crippen molar-refractivity contribution >= 4 is 5.78 Å². The summed E-state index contributed by atoms with van der Waals surface area (Å²) in [5.74, 6) is 0.296. The molecule has 0 amide bonds. The topological polar surface area (TPSA) is 17.1 Å². The average molecular weight is 312 g/mol. The van der Waals surface area contributed by atoms with Gasteiger partial charge in [0.25, 0.3) is 0 Å². The summed E-state index contributed by atoms with van der Waals surface area (Å²) in [5.41, 5.74) is 5.66. The van der Waals surface area contributed by atoms with Gasteiger partial charge in [-0.15, -0.1) is 0 Å². The van der Waals surface area contributed by atoms with E-state index in [0.717, 1.165) is 38.5 Å². The molecule has 126 valence electrons. The van der Waals surface area contributed by atoms with Gasteiger partial charge >= 0.3 is 0 Å². The minimum Gasteiger partial charge on any atom is -0.300 e. The number of rotatable bonds is 10. The minimum atomic E-state index is 0.296. The Labute approximate surface area is 142 Å². The molecule has 0 N–H and O–H groups in total. The summed E-state index contributed by atoms with van der Waals surface area (Å²) in [6, 6.07) is 8.77. The van der Waals surface area contributed by atoms with Crippen LogP contribution in [0.5, 0.6) is 0 Å². The molecule has 1 heteroatoms. The maximum absolute atomic E-state index is 10.9. The van der Waals surface area contributed by atoms with Crippen molar-refractivity contribution in [1.82, 2.24) is 0 Å². The molecular formula is C22H32O. The SMILES string of the molecule is CC(=O)CCCC(C)=CCCC(C)=CCCc1cccc(C)c1. The van der Waals surface area contributed by atoms with E-state index in [1.165, 1.54) is 22.3 Å². The van der Waals surface area contributed by atoms with Crippen molar-refractivity contribution in [1.29, 1.82) is 0 Å². The largest absolute Gasteiger partial charge is 0.300 e. The summed E-state index contributed by atoms with van der Waals surface area (Å²) >= 11 is 0. The number of carbonyl (C=O) groups is 1. The van der Waals surface area contributed by atoms with Crippen molar-refractivity contribution in [3.8, 4) is 0 Å². The van der Waals surface area contributed by atoms with Gasteiger partial charge in [0.05, 0.1) is 0 Å². The van der Waals surface area contributed by atoms with Crippen molar-refractivity contribution in [2.45, 2.75) is 72.6 Å². The second-order valence-corrected chi connectivity index (χ2v) is 6.72. The lowest BCUT2D eigenvalue weighted by Gasteiger charge is -2.03. The van der Waals surface area contributed by atoms with Gasteiger partial charge in [0.15, 0.2) is 0 Å². The van der Waals surface area contributed by atoms with Gasteiger partial charge in [0.1, 0.15) is 5.78 Å². The van der Waals surface area contributed by atoms with Crippen LogP contribution in [0.2, 0.25) is 0 Å². The van der Waals surface area contributed by atoms with Crippen LogP contribution >= 0.6 is 0 Å². The number of carbonyl (C=O) groups excluding carboxylic acids is 1. The number of hydrogen-bond acceptors (Lipinski definition) is 1. The van der Waals surface area contributed by atoms with E-state index in [9.17, 15) is 4.79 Å². The molecule has 0 bridgehead atoms. The monoisotopic (exact) mass is 312 g/mol. The molecule has 0 fully saturated rings. The van der Waals surface area contributed by atoms with Gasteiger partial charge in [0.2, 0.25) is 0 Å². The molecule has 0 aromatic heterocycles. The van der Waals surface area contributed by atoms with E-state index < -0.39 is 0 Å². The summed E-state index contributed by atoms with van der Waals surface area (Å²) < 4.78 is 0. The number of Topliss-reactive ketones (excluding diaryl/α,β-unsaturated/α-hetero) is 1. The van der Waals surface area contributed by atoms with Crippen LogP contribution < -0.4 is 0 Å². The van der Waals surface area contributed by atoms with Crippen LogP contribution in [-0.4, -0.2) is 5.78 Å². The van der Waals surface area contributed by atoms with E-state index in [1.807, 2.05) is 0 Å². The van der Waals surface area contributed by atoms with Crippen LogP contribution in [0.4, 0.5) is 0 Å². The Bertz CT molecular complexity index is 549. The van der Waals surface area contributed by atoms with Crippen LogP contribution in [0.15, 0.2) is 47.6 Å². The van der Waals surface area contributed by atoms with Crippen LogP contribution in [-0.2, 0) is 11.2 Å². The third kappa shape index (κ3) is 9.89. The normalized spacial score (nSPS) is 12.5. The maximum atomic E-state index is 10.9. The quantitative estimate of drug-likeness (QED) is 0.459. The molecule has 0 aliphatic carbocycles. The smallest absolute Gasteiger partial charge is 0.129 e. The number of ketones is 1. The molecule has 0 heterocycles. The second kappa shape index (κ2) is 11.0. The molecule has 0 atom stereocenters. The first-order valence-electron chi connectivity index (χ1n) is 8.83. The maximum Gasteiger partial charge on any atom is 0.129 e. The molecule has 0 saturated heterocycles. The molecule has 1 aromatic rings. The number of hydrogen-bond donors (Lipinski definition) is 0. The van der Waals surface area contributed by atoms with Crippen molar-refractivity contribution in [3.05, 3.63) is 58.7 Å². The van der Waals surface area contributed by atoms with Crippen molar-refractivity contribution in [3.63, 3.8) is 0 Å². The Morgan fingerprint density at radius 1 is 0.957 bits per heavy atom. The highest BCUT2D eigenvalue weighted by Gasteiger charge is 1.96. The lowest BCUT2D eigenvalue weighted by atomic mass is 10.0. The van der Waals surface area contributed by atoms with Gasteiger partial charge in [-0.2, -0.15) is 0 Å². The highest BCUT2D eigenvalue weighted by Crippen LogP contribution is 2.13. The van der Waals surface area contributed by atoms with Gasteiger partial charge in [-0.3, -0.25) is 0 Å². The van der Waals surface area contributed by atoms with E-state index in [-0.39, 0.29) is 0 Å². The zero-order chi connectivity index (χ0) is 17.1. The summed E-state index contributed by atoms with van der Waals surface area (Å²) in [6.07, 6.45) is 12.0. The molecule has 23 heavy (non-hydrogen) atoms. The Kier molecular flexibility index (Phi) is 9.28. The standard InChI is InChI=1S/C22H32O/c1-18(11-6-14-21(4)23)9-5-10-19(2)12-7-15-22-16-8-13-20(3)17-22/h8-9,12-13,16-17H,5-7,10-11,14-15H2,1-4H3. The third-order valence-corrected chi connectivity index (χ3v) is 4.14. The first-order valence-corrected chi connectivity index (χ1v) is 8.83. The summed E-state index contributed by atoms with van der Waals surface area (Å²) in [4.78, 5) is 10.9. The fourth-order valence-electron chi connectivity index (χ4n) is 2.72. The van der Waals surface area contributed by atoms with Crippen molar-refractivity contribution in [2.24, 2.45) is 0 Å². The van der Waals surface area contributed by atoms with E-state index >= 15 is 0 Å². The first kappa shape index (κ1) is 19.4.